The van der Waals surface area contributed by atoms with Crippen LogP contribution >= 0.6 is 11.3 Å². The van der Waals surface area contributed by atoms with Gasteiger partial charge in [0, 0.05) is 42.4 Å². The summed E-state index contributed by atoms with van der Waals surface area (Å²) in [6.45, 7) is 0.389. The molecule has 0 bridgehead atoms. The quantitative estimate of drug-likeness (QED) is 0.680. The molecule has 0 fully saturated rings. The van der Waals surface area contributed by atoms with E-state index in [0.717, 1.165) is 28.4 Å². The number of nitrogens with zero attached hydrogens (tertiary/aromatic N) is 2. The Bertz CT molecular complexity index is 868. The zero-order valence-electron chi connectivity index (χ0n) is 13.2. The van der Waals surface area contributed by atoms with E-state index in [1.807, 2.05) is 17.5 Å². The standard InChI is InChI=1S/C18H15F2N3OS/c19-13-3-4-14(15(20)10-13)18(24)22-7-1-2-17-23-16(11-25-17)12-5-8-21-9-6-12/h3-6,8-11H,1-2,7H2,(H,22,24). The van der Waals surface area contributed by atoms with Crippen molar-refractivity contribution in [2.75, 3.05) is 6.54 Å². The lowest BCUT2D eigenvalue weighted by molar-refractivity contribution is 0.0949. The molecule has 4 nitrogen and oxygen atoms in total. The molecular weight excluding hydrogens is 344 g/mol. The van der Waals surface area contributed by atoms with Gasteiger partial charge >= 0.3 is 0 Å². The first-order valence-corrected chi connectivity index (χ1v) is 8.59. The van der Waals surface area contributed by atoms with Gasteiger partial charge in [-0.1, -0.05) is 0 Å². The Morgan fingerprint density at radius 2 is 1.96 bits per heavy atom. The van der Waals surface area contributed by atoms with Crippen molar-refractivity contribution in [1.82, 2.24) is 15.3 Å². The summed E-state index contributed by atoms with van der Waals surface area (Å²) in [5.41, 5.74) is 1.76. The van der Waals surface area contributed by atoms with E-state index in [9.17, 15) is 13.6 Å². The minimum absolute atomic E-state index is 0.157. The monoisotopic (exact) mass is 359 g/mol. The van der Waals surface area contributed by atoms with Crippen LogP contribution in [-0.2, 0) is 6.42 Å². The summed E-state index contributed by atoms with van der Waals surface area (Å²) in [7, 11) is 0. The van der Waals surface area contributed by atoms with E-state index in [-0.39, 0.29) is 5.56 Å². The summed E-state index contributed by atoms with van der Waals surface area (Å²) in [6.07, 6.45) is 4.83. The largest absolute Gasteiger partial charge is 0.352 e. The molecule has 0 atom stereocenters. The molecule has 0 aliphatic rings. The lowest BCUT2D eigenvalue weighted by Crippen LogP contribution is -2.25. The second-order valence-corrected chi connectivity index (χ2v) is 6.29. The van der Waals surface area contributed by atoms with Gasteiger partial charge in [-0.15, -0.1) is 11.3 Å². The second-order valence-electron chi connectivity index (χ2n) is 5.35. The molecule has 128 valence electrons. The highest BCUT2D eigenvalue weighted by Gasteiger charge is 2.12. The minimum Gasteiger partial charge on any atom is -0.352 e. The van der Waals surface area contributed by atoms with Crippen LogP contribution in [0.3, 0.4) is 0 Å². The fraction of sp³-hybridized carbons (Fsp3) is 0.167. The molecule has 25 heavy (non-hydrogen) atoms. The normalized spacial score (nSPS) is 10.6. The molecule has 7 heteroatoms. The number of aryl methyl sites for hydroxylation is 1. The minimum atomic E-state index is -0.862. The highest BCUT2D eigenvalue weighted by atomic mass is 32.1. The molecule has 3 rings (SSSR count). The van der Waals surface area contributed by atoms with Crippen LogP contribution < -0.4 is 5.32 Å². The molecule has 1 amide bonds. The first-order valence-electron chi connectivity index (χ1n) is 7.71. The average Bonchev–Trinajstić information content (AvgIpc) is 3.08. The number of hydrogen-bond donors (Lipinski definition) is 1. The van der Waals surface area contributed by atoms with Gasteiger partial charge in [-0.2, -0.15) is 0 Å². The van der Waals surface area contributed by atoms with E-state index < -0.39 is 17.5 Å². The predicted molar refractivity (Wildman–Crippen MR) is 92.4 cm³/mol. The molecule has 0 unspecified atom stereocenters. The number of carbonyl (C=O) groups excluding carboxylic acids is 1. The van der Waals surface area contributed by atoms with Crippen molar-refractivity contribution >= 4 is 17.2 Å². The van der Waals surface area contributed by atoms with Crippen molar-refractivity contribution in [3.8, 4) is 11.3 Å². The van der Waals surface area contributed by atoms with Gasteiger partial charge in [0.05, 0.1) is 16.3 Å². The molecule has 0 saturated carbocycles. The molecule has 2 aromatic heterocycles. The summed E-state index contributed by atoms with van der Waals surface area (Å²) >= 11 is 1.56. The third-order valence-electron chi connectivity index (χ3n) is 3.56. The number of amides is 1. The Balaban J connectivity index is 1.49. The fourth-order valence-corrected chi connectivity index (χ4v) is 3.14. The maximum atomic E-state index is 13.5. The molecular formula is C18H15F2N3OS. The van der Waals surface area contributed by atoms with Crippen molar-refractivity contribution in [3.05, 3.63) is 70.3 Å². The maximum absolute atomic E-state index is 13.5. The second kappa shape index (κ2) is 7.94. The lowest BCUT2D eigenvalue weighted by Gasteiger charge is -2.05. The van der Waals surface area contributed by atoms with Gasteiger partial charge in [0.1, 0.15) is 11.6 Å². The van der Waals surface area contributed by atoms with E-state index in [2.05, 4.69) is 15.3 Å². The SMILES string of the molecule is O=C(NCCCc1nc(-c2ccncc2)cs1)c1ccc(F)cc1F. The number of benzene rings is 1. The van der Waals surface area contributed by atoms with E-state index in [1.54, 1.807) is 23.7 Å². The van der Waals surface area contributed by atoms with Gasteiger partial charge in [-0.3, -0.25) is 9.78 Å². The number of hydrogen-bond acceptors (Lipinski definition) is 4. The highest BCUT2D eigenvalue weighted by molar-refractivity contribution is 7.09. The summed E-state index contributed by atoms with van der Waals surface area (Å²) < 4.78 is 26.4. The molecule has 0 spiro atoms. The number of nitrogens with one attached hydrogen (secondary N) is 1. The Kier molecular flexibility index (Phi) is 5.45. The van der Waals surface area contributed by atoms with Crippen LogP contribution in [0, 0.1) is 11.6 Å². The van der Waals surface area contributed by atoms with Crippen LogP contribution in [0.25, 0.3) is 11.3 Å². The zero-order chi connectivity index (χ0) is 17.6. The summed E-state index contributed by atoms with van der Waals surface area (Å²) in [6, 6.07) is 6.70. The van der Waals surface area contributed by atoms with Crippen molar-refractivity contribution in [1.29, 1.82) is 0 Å². The van der Waals surface area contributed by atoms with Crippen LogP contribution in [0.15, 0.2) is 48.1 Å². The van der Waals surface area contributed by atoms with Crippen molar-refractivity contribution < 1.29 is 13.6 Å². The summed E-state index contributed by atoms with van der Waals surface area (Å²) in [5.74, 6) is -2.11. The number of pyridine rings is 1. The van der Waals surface area contributed by atoms with Gasteiger partial charge in [0.25, 0.3) is 5.91 Å². The Labute approximate surface area is 147 Å². The number of aromatic nitrogens is 2. The zero-order valence-corrected chi connectivity index (χ0v) is 14.0. The fourth-order valence-electron chi connectivity index (χ4n) is 2.29. The number of rotatable bonds is 6. The Hall–Kier alpha value is -2.67. The van der Waals surface area contributed by atoms with Gasteiger partial charge in [-0.05, 0) is 30.7 Å². The number of thiazole rings is 1. The highest BCUT2D eigenvalue weighted by Crippen LogP contribution is 2.21. The summed E-state index contributed by atoms with van der Waals surface area (Å²) in [5, 5.41) is 5.59. The van der Waals surface area contributed by atoms with Crippen molar-refractivity contribution in [2.45, 2.75) is 12.8 Å². The Morgan fingerprint density at radius 1 is 1.16 bits per heavy atom. The van der Waals surface area contributed by atoms with Gasteiger partial charge in [0.15, 0.2) is 0 Å². The molecule has 3 aromatic rings. The van der Waals surface area contributed by atoms with Crippen LogP contribution in [0.1, 0.15) is 21.8 Å². The molecule has 0 radical (unpaired) electrons. The van der Waals surface area contributed by atoms with Gasteiger partial charge in [0.2, 0.25) is 0 Å². The van der Waals surface area contributed by atoms with Crippen LogP contribution in [0.2, 0.25) is 0 Å². The molecule has 2 heterocycles. The third kappa shape index (κ3) is 4.45. The average molecular weight is 359 g/mol. The van der Waals surface area contributed by atoms with E-state index >= 15 is 0 Å². The van der Waals surface area contributed by atoms with Gasteiger partial charge in [-0.25, -0.2) is 13.8 Å². The van der Waals surface area contributed by atoms with Crippen LogP contribution in [-0.4, -0.2) is 22.4 Å². The van der Waals surface area contributed by atoms with E-state index in [0.29, 0.717) is 25.5 Å². The predicted octanol–water partition coefficient (Wildman–Crippen LogP) is 3.85. The van der Waals surface area contributed by atoms with Gasteiger partial charge < -0.3 is 5.32 Å². The third-order valence-corrected chi connectivity index (χ3v) is 4.47. The smallest absolute Gasteiger partial charge is 0.254 e. The molecule has 1 aromatic carbocycles. The molecule has 0 aliphatic heterocycles. The lowest BCUT2D eigenvalue weighted by atomic mass is 10.2. The number of carbonyl (C=O) groups is 1. The van der Waals surface area contributed by atoms with E-state index in [1.165, 1.54) is 0 Å². The Morgan fingerprint density at radius 3 is 2.72 bits per heavy atom. The molecule has 0 aliphatic carbocycles. The first kappa shape index (κ1) is 17.2. The maximum Gasteiger partial charge on any atom is 0.254 e. The molecule has 1 N–H and O–H groups in total. The van der Waals surface area contributed by atoms with Crippen LogP contribution in [0.4, 0.5) is 8.78 Å². The first-order chi connectivity index (χ1) is 12.1. The van der Waals surface area contributed by atoms with Crippen molar-refractivity contribution in [3.63, 3.8) is 0 Å². The molecule has 0 saturated heterocycles. The topological polar surface area (TPSA) is 54.9 Å². The van der Waals surface area contributed by atoms with Crippen molar-refractivity contribution in [2.24, 2.45) is 0 Å². The van der Waals surface area contributed by atoms with Crippen LogP contribution in [0.5, 0.6) is 0 Å². The number of halogens is 2. The summed E-state index contributed by atoms with van der Waals surface area (Å²) in [4.78, 5) is 20.4. The van der Waals surface area contributed by atoms with E-state index in [4.69, 9.17) is 0 Å².